The smallest absolute Gasteiger partial charge is 0.232 e. The zero-order valence-corrected chi connectivity index (χ0v) is 18.0. The third-order valence-corrected chi connectivity index (χ3v) is 5.76. The van der Waals surface area contributed by atoms with Crippen LogP contribution in [-0.2, 0) is 13.1 Å². The Labute approximate surface area is 183 Å². The molecule has 0 atom stereocenters. The molecule has 1 aromatic heterocycles. The van der Waals surface area contributed by atoms with E-state index in [4.69, 9.17) is 9.47 Å². The van der Waals surface area contributed by atoms with Crippen molar-refractivity contribution >= 4 is 27.8 Å². The molecule has 0 saturated carbocycles. The fraction of sp³-hybridized carbons (Fsp3) is 0.167. The lowest BCUT2D eigenvalue weighted by Gasteiger charge is -2.30. The van der Waals surface area contributed by atoms with Crippen molar-refractivity contribution in [2.75, 3.05) is 6.73 Å². The highest BCUT2D eigenvalue weighted by Crippen LogP contribution is 2.44. The molecule has 2 aliphatic heterocycles. The van der Waals surface area contributed by atoms with Gasteiger partial charge in [0, 0.05) is 30.0 Å². The minimum atomic E-state index is -0.0883. The van der Waals surface area contributed by atoms with Crippen molar-refractivity contribution in [3.05, 3.63) is 92.9 Å². The monoisotopic (exact) mass is 462 g/mol. The first-order valence-electron chi connectivity index (χ1n) is 9.69. The molecule has 0 unspecified atom stereocenters. The van der Waals surface area contributed by atoms with Crippen LogP contribution in [0.15, 0.2) is 65.1 Å². The van der Waals surface area contributed by atoms with Gasteiger partial charge in [0.2, 0.25) is 5.78 Å². The Morgan fingerprint density at radius 3 is 2.93 bits per heavy atom. The number of pyridine rings is 1. The van der Waals surface area contributed by atoms with Crippen LogP contribution < -0.4 is 9.47 Å². The number of rotatable bonds is 3. The molecule has 0 bridgehead atoms. The van der Waals surface area contributed by atoms with Gasteiger partial charge in [-0.05, 0) is 54.0 Å². The first-order chi connectivity index (χ1) is 14.6. The van der Waals surface area contributed by atoms with E-state index in [1.807, 2.05) is 55.6 Å². The van der Waals surface area contributed by atoms with E-state index in [9.17, 15) is 4.79 Å². The number of aromatic nitrogens is 1. The highest BCUT2D eigenvalue weighted by molar-refractivity contribution is 9.10. The number of hydrogen-bond acceptors (Lipinski definition) is 5. The molecular formula is C24H19BrN2O3. The third-order valence-electron chi connectivity index (χ3n) is 5.26. The molecule has 0 aliphatic carbocycles. The molecule has 30 heavy (non-hydrogen) atoms. The van der Waals surface area contributed by atoms with Crippen molar-refractivity contribution in [3.8, 4) is 11.5 Å². The van der Waals surface area contributed by atoms with E-state index >= 15 is 0 Å². The van der Waals surface area contributed by atoms with Gasteiger partial charge >= 0.3 is 0 Å². The number of Topliss-reactive ketones (excluding diaryl/α,β-unsaturated/α-hetero) is 1. The molecule has 0 N–H and O–H groups in total. The van der Waals surface area contributed by atoms with Gasteiger partial charge in [0.25, 0.3) is 0 Å². The maximum Gasteiger partial charge on any atom is 0.232 e. The first kappa shape index (κ1) is 19.0. The molecule has 5 rings (SSSR count). The van der Waals surface area contributed by atoms with Gasteiger partial charge in [-0.2, -0.15) is 0 Å². The summed E-state index contributed by atoms with van der Waals surface area (Å²) in [7, 11) is 0. The molecule has 3 heterocycles. The van der Waals surface area contributed by atoms with Crippen molar-refractivity contribution in [1.82, 2.24) is 9.88 Å². The summed E-state index contributed by atoms with van der Waals surface area (Å²) in [5.74, 6) is 1.65. The van der Waals surface area contributed by atoms with Crippen LogP contribution in [0.5, 0.6) is 11.5 Å². The molecule has 0 amide bonds. The van der Waals surface area contributed by atoms with Gasteiger partial charge in [0.1, 0.15) is 18.2 Å². The highest BCUT2D eigenvalue weighted by Gasteiger charge is 2.35. The second-order valence-corrected chi connectivity index (χ2v) is 8.41. The molecule has 0 saturated heterocycles. The molecule has 150 valence electrons. The summed E-state index contributed by atoms with van der Waals surface area (Å²) in [5.41, 5.74) is 4.42. The van der Waals surface area contributed by atoms with E-state index in [0.29, 0.717) is 36.9 Å². The van der Waals surface area contributed by atoms with Crippen molar-refractivity contribution in [2.45, 2.75) is 20.0 Å². The number of benzene rings is 2. The lowest BCUT2D eigenvalue weighted by atomic mass is 9.98. The first-order valence-corrected chi connectivity index (χ1v) is 10.5. The third kappa shape index (κ3) is 3.53. The van der Waals surface area contributed by atoms with E-state index in [-0.39, 0.29) is 5.78 Å². The SMILES string of the molecule is Cc1cc2c(c3c1C(=O)/C(=C/c1cccc(Br)c1)O3)CN(Cc1cccnc1)CO2. The van der Waals surface area contributed by atoms with Crippen LogP contribution in [-0.4, -0.2) is 22.4 Å². The van der Waals surface area contributed by atoms with Gasteiger partial charge in [0.05, 0.1) is 11.1 Å². The van der Waals surface area contributed by atoms with Crippen LogP contribution in [0.3, 0.4) is 0 Å². The van der Waals surface area contributed by atoms with E-state index in [2.05, 4.69) is 25.8 Å². The van der Waals surface area contributed by atoms with E-state index in [0.717, 1.165) is 32.5 Å². The molecule has 2 aromatic carbocycles. The predicted octanol–water partition coefficient (Wildman–Crippen LogP) is 5.12. The number of halogens is 1. The van der Waals surface area contributed by atoms with Gasteiger partial charge < -0.3 is 9.47 Å². The number of hydrogen-bond donors (Lipinski definition) is 0. The number of allylic oxidation sites excluding steroid dienone is 1. The second kappa shape index (κ2) is 7.70. The Bertz CT molecular complexity index is 1170. The average molecular weight is 463 g/mol. The van der Waals surface area contributed by atoms with Crippen molar-refractivity contribution in [2.24, 2.45) is 0 Å². The van der Waals surface area contributed by atoms with Gasteiger partial charge in [0.15, 0.2) is 5.76 Å². The second-order valence-electron chi connectivity index (χ2n) is 7.49. The zero-order valence-electron chi connectivity index (χ0n) is 16.4. The molecule has 0 spiro atoms. The molecular weight excluding hydrogens is 444 g/mol. The van der Waals surface area contributed by atoms with Gasteiger partial charge in [-0.25, -0.2) is 0 Å². The van der Waals surface area contributed by atoms with Crippen molar-refractivity contribution in [1.29, 1.82) is 0 Å². The summed E-state index contributed by atoms with van der Waals surface area (Å²) in [5, 5.41) is 0. The number of aryl methyl sites for hydroxylation is 1. The predicted molar refractivity (Wildman–Crippen MR) is 117 cm³/mol. The zero-order chi connectivity index (χ0) is 20.7. The standard InChI is InChI=1S/C24H19BrN2O3/c1-15-8-20-19(13-27(14-29-20)12-17-5-3-7-26-11-17)24-22(15)23(28)21(30-24)10-16-4-2-6-18(25)9-16/h2-11H,12-14H2,1H3/b21-10-. The van der Waals surface area contributed by atoms with Gasteiger partial charge in [-0.3, -0.25) is 14.7 Å². The Morgan fingerprint density at radius 2 is 2.13 bits per heavy atom. The summed E-state index contributed by atoms with van der Waals surface area (Å²) in [6, 6.07) is 13.7. The Hall–Kier alpha value is -2.96. The summed E-state index contributed by atoms with van der Waals surface area (Å²) in [4.78, 5) is 19.4. The number of ether oxygens (including phenoxy) is 2. The highest BCUT2D eigenvalue weighted by atomic mass is 79.9. The molecule has 0 radical (unpaired) electrons. The van der Waals surface area contributed by atoms with Crippen LogP contribution >= 0.6 is 15.9 Å². The number of nitrogens with zero attached hydrogens (tertiary/aromatic N) is 2. The maximum absolute atomic E-state index is 13.1. The van der Waals surface area contributed by atoms with Crippen LogP contribution in [0.2, 0.25) is 0 Å². The summed E-state index contributed by atoms with van der Waals surface area (Å²) >= 11 is 3.47. The Morgan fingerprint density at radius 1 is 1.23 bits per heavy atom. The normalized spacial score (nSPS) is 16.7. The number of carbonyl (C=O) groups is 1. The Kier molecular flexibility index (Phi) is 4.89. The average Bonchev–Trinajstić information content (AvgIpc) is 3.06. The van der Waals surface area contributed by atoms with E-state index in [1.165, 1.54) is 0 Å². The molecule has 5 nitrogen and oxygen atoms in total. The maximum atomic E-state index is 13.1. The summed E-state index contributed by atoms with van der Waals surface area (Å²) < 4.78 is 13.1. The summed E-state index contributed by atoms with van der Waals surface area (Å²) in [6.07, 6.45) is 5.41. The van der Waals surface area contributed by atoms with E-state index in [1.54, 1.807) is 12.3 Å². The fourth-order valence-corrected chi connectivity index (χ4v) is 4.29. The van der Waals surface area contributed by atoms with Crippen LogP contribution in [0.4, 0.5) is 0 Å². The molecule has 0 fully saturated rings. The minimum absolute atomic E-state index is 0.0883. The van der Waals surface area contributed by atoms with Crippen molar-refractivity contribution in [3.63, 3.8) is 0 Å². The van der Waals surface area contributed by atoms with Gasteiger partial charge in [-0.15, -0.1) is 0 Å². The fourth-order valence-electron chi connectivity index (χ4n) is 3.87. The topological polar surface area (TPSA) is 51.7 Å². The largest absolute Gasteiger partial charge is 0.478 e. The van der Waals surface area contributed by atoms with Crippen molar-refractivity contribution < 1.29 is 14.3 Å². The quantitative estimate of drug-likeness (QED) is 0.505. The lowest BCUT2D eigenvalue weighted by molar-refractivity contribution is 0.0871. The van der Waals surface area contributed by atoms with Gasteiger partial charge in [-0.1, -0.05) is 34.1 Å². The lowest BCUT2D eigenvalue weighted by Crippen LogP contribution is -2.31. The molecule has 2 aliphatic rings. The van der Waals surface area contributed by atoms with Crippen LogP contribution in [0, 0.1) is 6.92 Å². The Balaban J connectivity index is 1.48. The minimum Gasteiger partial charge on any atom is -0.478 e. The number of ketones is 1. The molecule has 6 heteroatoms. The van der Waals surface area contributed by atoms with Crippen LogP contribution in [0.1, 0.15) is 32.6 Å². The van der Waals surface area contributed by atoms with E-state index < -0.39 is 0 Å². The number of fused-ring (bicyclic) bond motifs is 3. The summed E-state index contributed by atoms with van der Waals surface area (Å²) in [6.45, 7) is 3.76. The number of carbonyl (C=O) groups excluding carboxylic acids is 1. The van der Waals surface area contributed by atoms with Crippen LogP contribution in [0.25, 0.3) is 6.08 Å². The molecule has 3 aromatic rings.